The molecule has 0 fully saturated rings. The number of hydrogen-bond donors (Lipinski definition) is 2. The molecule has 0 aliphatic rings. The highest BCUT2D eigenvalue weighted by molar-refractivity contribution is 6.30. The van der Waals surface area contributed by atoms with Crippen LogP contribution < -0.4 is 10.6 Å². The first-order chi connectivity index (χ1) is 9.13. The summed E-state index contributed by atoms with van der Waals surface area (Å²) in [5, 5.41) is 5.91. The molecule has 2 amide bonds. The molecule has 5 heteroatoms. The van der Waals surface area contributed by atoms with Gasteiger partial charge in [0.15, 0.2) is 0 Å². The fourth-order valence-corrected chi connectivity index (χ4v) is 1.75. The summed E-state index contributed by atoms with van der Waals surface area (Å²) in [5.41, 5.74) is 1.44. The molecule has 2 rings (SSSR count). The second-order valence-electron chi connectivity index (χ2n) is 3.94. The highest BCUT2D eigenvalue weighted by atomic mass is 35.5. The molecule has 0 atom stereocenters. The highest BCUT2D eigenvalue weighted by Crippen LogP contribution is 2.11. The third-order valence-electron chi connectivity index (χ3n) is 2.44. The Morgan fingerprint density at radius 2 is 1.89 bits per heavy atom. The van der Waals surface area contributed by atoms with Crippen molar-refractivity contribution in [2.45, 2.75) is 6.54 Å². The predicted octanol–water partition coefficient (Wildman–Crippen LogP) is 3.80. The third kappa shape index (κ3) is 4.26. The van der Waals surface area contributed by atoms with E-state index in [1.165, 1.54) is 24.3 Å². The summed E-state index contributed by atoms with van der Waals surface area (Å²) in [6, 6.07) is 12.4. The van der Waals surface area contributed by atoms with Crippen LogP contribution in [0, 0.1) is 5.82 Å². The molecule has 0 unspecified atom stereocenters. The standard InChI is InChI=1S/C14H12ClFN2O/c15-11-3-1-2-10(8-11)9-17-14(19)18-13-6-4-12(16)5-7-13/h1-8H,9H2,(H2,17,18,19). The lowest BCUT2D eigenvalue weighted by molar-refractivity contribution is 0.251. The summed E-state index contributed by atoms with van der Waals surface area (Å²) in [7, 11) is 0. The Hall–Kier alpha value is -2.07. The van der Waals surface area contributed by atoms with E-state index >= 15 is 0 Å². The molecule has 0 aliphatic carbocycles. The van der Waals surface area contributed by atoms with Gasteiger partial charge in [-0.2, -0.15) is 0 Å². The number of urea groups is 1. The summed E-state index contributed by atoms with van der Waals surface area (Å²) >= 11 is 5.84. The Bertz CT molecular complexity index is 572. The largest absolute Gasteiger partial charge is 0.334 e. The van der Waals surface area contributed by atoms with Crippen LogP contribution in [0.1, 0.15) is 5.56 Å². The molecule has 0 aliphatic heterocycles. The molecule has 0 spiro atoms. The van der Waals surface area contributed by atoms with Crippen molar-refractivity contribution in [2.75, 3.05) is 5.32 Å². The molecule has 2 aromatic carbocycles. The first-order valence-electron chi connectivity index (χ1n) is 5.68. The second-order valence-corrected chi connectivity index (χ2v) is 4.38. The predicted molar refractivity (Wildman–Crippen MR) is 73.7 cm³/mol. The lowest BCUT2D eigenvalue weighted by atomic mass is 10.2. The smallest absolute Gasteiger partial charge is 0.319 e. The monoisotopic (exact) mass is 278 g/mol. The zero-order valence-electron chi connectivity index (χ0n) is 9.99. The van der Waals surface area contributed by atoms with Crippen LogP contribution in [0.5, 0.6) is 0 Å². The number of hydrogen-bond acceptors (Lipinski definition) is 1. The van der Waals surface area contributed by atoms with E-state index in [2.05, 4.69) is 10.6 Å². The van der Waals surface area contributed by atoms with Gasteiger partial charge in [0.1, 0.15) is 5.82 Å². The van der Waals surface area contributed by atoms with Gasteiger partial charge in [-0.25, -0.2) is 9.18 Å². The molecule has 2 N–H and O–H groups in total. The Labute approximate surface area is 115 Å². The van der Waals surface area contributed by atoms with Crippen molar-refractivity contribution in [2.24, 2.45) is 0 Å². The fourth-order valence-electron chi connectivity index (χ4n) is 1.54. The minimum absolute atomic E-state index is 0.343. The number of carbonyl (C=O) groups excluding carboxylic acids is 1. The van der Waals surface area contributed by atoms with Gasteiger partial charge < -0.3 is 10.6 Å². The fraction of sp³-hybridized carbons (Fsp3) is 0.0714. The summed E-state index contributed by atoms with van der Waals surface area (Å²) < 4.78 is 12.7. The van der Waals surface area contributed by atoms with Gasteiger partial charge in [-0.05, 0) is 42.0 Å². The van der Waals surface area contributed by atoms with Gasteiger partial charge >= 0.3 is 6.03 Å². The van der Waals surface area contributed by atoms with E-state index in [0.717, 1.165) is 5.56 Å². The Morgan fingerprint density at radius 1 is 1.16 bits per heavy atom. The van der Waals surface area contributed by atoms with Crippen LogP contribution >= 0.6 is 11.6 Å². The minimum atomic E-state index is -0.355. The van der Waals surface area contributed by atoms with E-state index in [-0.39, 0.29) is 11.8 Å². The number of anilines is 1. The van der Waals surface area contributed by atoms with Gasteiger partial charge in [-0.3, -0.25) is 0 Å². The van der Waals surface area contributed by atoms with Crippen molar-refractivity contribution in [3.63, 3.8) is 0 Å². The lowest BCUT2D eigenvalue weighted by Crippen LogP contribution is -2.28. The summed E-state index contributed by atoms with van der Waals surface area (Å²) in [6.07, 6.45) is 0. The average molecular weight is 279 g/mol. The summed E-state index contributed by atoms with van der Waals surface area (Å²) in [4.78, 5) is 11.6. The molecule has 3 nitrogen and oxygen atoms in total. The van der Waals surface area contributed by atoms with Crippen molar-refractivity contribution in [3.05, 3.63) is 64.9 Å². The topological polar surface area (TPSA) is 41.1 Å². The molecule has 98 valence electrons. The Morgan fingerprint density at radius 3 is 2.58 bits per heavy atom. The van der Waals surface area contributed by atoms with E-state index < -0.39 is 0 Å². The van der Waals surface area contributed by atoms with Crippen molar-refractivity contribution in [3.8, 4) is 0 Å². The number of rotatable bonds is 3. The van der Waals surface area contributed by atoms with Crippen LogP contribution in [0.25, 0.3) is 0 Å². The number of benzene rings is 2. The molecular weight excluding hydrogens is 267 g/mol. The number of amides is 2. The van der Waals surface area contributed by atoms with Crippen molar-refractivity contribution >= 4 is 23.3 Å². The highest BCUT2D eigenvalue weighted by Gasteiger charge is 2.02. The summed E-state index contributed by atoms with van der Waals surface area (Å²) in [6.45, 7) is 0.369. The third-order valence-corrected chi connectivity index (χ3v) is 2.68. The van der Waals surface area contributed by atoms with Crippen LogP contribution in [-0.4, -0.2) is 6.03 Å². The molecular formula is C14H12ClFN2O. The van der Waals surface area contributed by atoms with Gasteiger partial charge in [-0.1, -0.05) is 23.7 Å². The molecule has 2 aromatic rings. The Balaban J connectivity index is 1.86. The number of nitrogens with one attached hydrogen (secondary N) is 2. The first kappa shape index (κ1) is 13.4. The molecule has 0 bridgehead atoms. The van der Waals surface area contributed by atoms with Gasteiger partial charge in [0.2, 0.25) is 0 Å². The second kappa shape index (κ2) is 6.20. The van der Waals surface area contributed by atoms with E-state index in [1.807, 2.05) is 12.1 Å². The zero-order valence-corrected chi connectivity index (χ0v) is 10.7. The van der Waals surface area contributed by atoms with Crippen LogP contribution in [0.2, 0.25) is 5.02 Å². The quantitative estimate of drug-likeness (QED) is 0.881. The van der Waals surface area contributed by atoms with E-state index in [9.17, 15) is 9.18 Å². The lowest BCUT2D eigenvalue weighted by Gasteiger charge is -2.07. The minimum Gasteiger partial charge on any atom is -0.334 e. The van der Waals surface area contributed by atoms with Crippen LogP contribution in [0.15, 0.2) is 48.5 Å². The maximum atomic E-state index is 12.7. The molecule has 19 heavy (non-hydrogen) atoms. The molecule has 0 radical (unpaired) electrons. The zero-order chi connectivity index (χ0) is 13.7. The van der Waals surface area contributed by atoms with Gasteiger partial charge in [0.05, 0.1) is 0 Å². The molecule has 0 saturated carbocycles. The Kier molecular flexibility index (Phi) is 4.36. The maximum absolute atomic E-state index is 12.7. The average Bonchev–Trinajstić information content (AvgIpc) is 2.39. The van der Waals surface area contributed by atoms with Gasteiger partial charge in [-0.15, -0.1) is 0 Å². The number of halogens is 2. The molecule has 0 saturated heterocycles. The normalized spacial score (nSPS) is 10.0. The van der Waals surface area contributed by atoms with E-state index in [0.29, 0.717) is 17.3 Å². The van der Waals surface area contributed by atoms with Gasteiger partial charge in [0, 0.05) is 17.3 Å². The van der Waals surface area contributed by atoms with Crippen molar-refractivity contribution in [1.29, 1.82) is 0 Å². The maximum Gasteiger partial charge on any atom is 0.319 e. The van der Waals surface area contributed by atoms with Crippen LogP contribution in [-0.2, 0) is 6.54 Å². The van der Waals surface area contributed by atoms with Crippen LogP contribution in [0.4, 0.5) is 14.9 Å². The number of carbonyl (C=O) groups is 1. The van der Waals surface area contributed by atoms with E-state index in [4.69, 9.17) is 11.6 Å². The van der Waals surface area contributed by atoms with Gasteiger partial charge in [0.25, 0.3) is 0 Å². The SMILES string of the molecule is O=C(NCc1cccc(Cl)c1)Nc1ccc(F)cc1. The molecule has 0 heterocycles. The first-order valence-corrected chi connectivity index (χ1v) is 6.06. The summed E-state index contributed by atoms with van der Waals surface area (Å²) in [5.74, 6) is -0.343. The molecule has 0 aromatic heterocycles. The van der Waals surface area contributed by atoms with Crippen molar-refractivity contribution < 1.29 is 9.18 Å². The van der Waals surface area contributed by atoms with E-state index in [1.54, 1.807) is 12.1 Å². The van der Waals surface area contributed by atoms with Crippen LogP contribution in [0.3, 0.4) is 0 Å². The van der Waals surface area contributed by atoms with Crippen molar-refractivity contribution in [1.82, 2.24) is 5.32 Å².